The lowest BCUT2D eigenvalue weighted by molar-refractivity contribution is -0.126. The first-order chi connectivity index (χ1) is 9.06. The zero-order chi connectivity index (χ0) is 13.9. The summed E-state index contributed by atoms with van der Waals surface area (Å²) < 4.78 is 1.49. The second-order valence-electron chi connectivity index (χ2n) is 5.42. The summed E-state index contributed by atoms with van der Waals surface area (Å²) >= 11 is 0. The van der Waals surface area contributed by atoms with E-state index < -0.39 is 11.6 Å². The Labute approximate surface area is 112 Å². The number of rotatable bonds is 3. The Morgan fingerprint density at radius 2 is 2.26 bits per heavy atom. The summed E-state index contributed by atoms with van der Waals surface area (Å²) in [5.41, 5.74) is -0.710. The monoisotopic (exact) mass is 261 g/mol. The highest BCUT2D eigenvalue weighted by atomic mass is 16.2. The van der Waals surface area contributed by atoms with Gasteiger partial charge < -0.3 is 5.32 Å². The third kappa shape index (κ3) is 2.92. The Morgan fingerprint density at radius 3 is 2.79 bits per heavy atom. The molecule has 1 atom stereocenters. The Morgan fingerprint density at radius 1 is 1.58 bits per heavy atom. The minimum Gasteiger partial charge on any atom is -0.336 e. The molecule has 0 aromatic carbocycles. The van der Waals surface area contributed by atoms with Crippen LogP contribution in [0.2, 0.25) is 0 Å². The Bertz CT molecular complexity index is 468. The fourth-order valence-electron chi connectivity index (χ4n) is 2.40. The van der Waals surface area contributed by atoms with Gasteiger partial charge in [0.05, 0.1) is 6.07 Å². The van der Waals surface area contributed by atoms with Crippen molar-refractivity contribution in [1.82, 2.24) is 20.1 Å². The van der Waals surface area contributed by atoms with Gasteiger partial charge in [-0.15, -0.1) is 0 Å². The van der Waals surface area contributed by atoms with Gasteiger partial charge in [-0.05, 0) is 38.5 Å². The minimum atomic E-state index is -0.710. The SMILES string of the molecule is CC1CCC(C#N)(NC(=O)C(C)n2cncn2)CC1. The van der Waals surface area contributed by atoms with Gasteiger partial charge >= 0.3 is 0 Å². The second kappa shape index (κ2) is 5.39. The van der Waals surface area contributed by atoms with E-state index in [9.17, 15) is 10.1 Å². The van der Waals surface area contributed by atoms with Crippen molar-refractivity contribution in [3.63, 3.8) is 0 Å². The third-order valence-electron chi connectivity index (χ3n) is 3.92. The first-order valence-corrected chi connectivity index (χ1v) is 6.64. The molecular formula is C13H19N5O. The number of carbonyl (C=O) groups excluding carboxylic acids is 1. The molecule has 19 heavy (non-hydrogen) atoms. The number of nitriles is 1. The van der Waals surface area contributed by atoms with Gasteiger partial charge in [-0.25, -0.2) is 9.67 Å². The fourth-order valence-corrected chi connectivity index (χ4v) is 2.40. The number of hydrogen-bond acceptors (Lipinski definition) is 4. The zero-order valence-corrected chi connectivity index (χ0v) is 11.3. The third-order valence-corrected chi connectivity index (χ3v) is 3.92. The topological polar surface area (TPSA) is 83.6 Å². The standard InChI is InChI=1S/C13H19N5O/c1-10-3-5-13(7-14,6-4-10)17-12(19)11(2)18-9-15-8-16-18/h8-11H,3-6H2,1-2H3,(H,17,19). The van der Waals surface area contributed by atoms with Crippen molar-refractivity contribution in [2.24, 2.45) is 5.92 Å². The van der Waals surface area contributed by atoms with Crippen LogP contribution in [0, 0.1) is 17.2 Å². The zero-order valence-electron chi connectivity index (χ0n) is 11.3. The predicted molar refractivity (Wildman–Crippen MR) is 68.9 cm³/mol. The molecule has 0 bridgehead atoms. The molecule has 1 aliphatic carbocycles. The van der Waals surface area contributed by atoms with Crippen LogP contribution in [0.15, 0.2) is 12.7 Å². The van der Waals surface area contributed by atoms with Crippen LogP contribution in [0.1, 0.15) is 45.6 Å². The van der Waals surface area contributed by atoms with E-state index in [0.717, 1.165) is 25.7 Å². The first-order valence-electron chi connectivity index (χ1n) is 6.64. The number of amides is 1. The van der Waals surface area contributed by atoms with Crippen LogP contribution in [0.3, 0.4) is 0 Å². The predicted octanol–water partition coefficient (Wildman–Crippen LogP) is 1.43. The number of hydrogen-bond donors (Lipinski definition) is 1. The van der Waals surface area contributed by atoms with Crippen LogP contribution < -0.4 is 5.32 Å². The molecule has 1 unspecified atom stereocenters. The van der Waals surface area contributed by atoms with Crippen molar-refractivity contribution in [2.75, 3.05) is 0 Å². The molecule has 1 heterocycles. The summed E-state index contributed by atoms with van der Waals surface area (Å²) in [6.45, 7) is 3.93. The van der Waals surface area contributed by atoms with E-state index in [2.05, 4.69) is 28.4 Å². The molecule has 102 valence electrons. The summed E-state index contributed by atoms with van der Waals surface area (Å²) in [5, 5.41) is 16.2. The van der Waals surface area contributed by atoms with Crippen LogP contribution in [0.25, 0.3) is 0 Å². The van der Waals surface area contributed by atoms with Gasteiger partial charge in [-0.3, -0.25) is 4.79 Å². The van der Waals surface area contributed by atoms with Crippen molar-refractivity contribution < 1.29 is 4.79 Å². The minimum absolute atomic E-state index is 0.179. The molecule has 1 N–H and O–H groups in total. The number of nitrogens with zero attached hydrogens (tertiary/aromatic N) is 4. The van der Waals surface area contributed by atoms with Gasteiger partial charge in [0, 0.05) is 0 Å². The maximum atomic E-state index is 12.2. The smallest absolute Gasteiger partial charge is 0.245 e. The first kappa shape index (κ1) is 13.5. The van der Waals surface area contributed by atoms with E-state index in [4.69, 9.17) is 0 Å². The molecule has 1 fully saturated rings. The van der Waals surface area contributed by atoms with Crippen molar-refractivity contribution in [3.8, 4) is 6.07 Å². The molecule has 1 aliphatic rings. The lowest BCUT2D eigenvalue weighted by atomic mass is 9.78. The Hall–Kier alpha value is -1.90. The van der Waals surface area contributed by atoms with E-state index in [1.165, 1.54) is 17.3 Å². The molecule has 1 aromatic heterocycles. The number of aromatic nitrogens is 3. The Kier molecular flexibility index (Phi) is 3.84. The Balaban J connectivity index is 2.03. The van der Waals surface area contributed by atoms with Crippen LogP contribution in [0.5, 0.6) is 0 Å². The van der Waals surface area contributed by atoms with E-state index in [-0.39, 0.29) is 5.91 Å². The second-order valence-corrected chi connectivity index (χ2v) is 5.42. The molecule has 1 aromatic rings. The van der Waals surface area contributed by atoms with Crippen LogP contribution >= 0.6 is 0 Å². The van der Waals surface area contributed by atoms with Gasteiger partial charge in [-0.2, -0.15) is 10.4 Å². The number of nitrogens with one attached hydrogen (secondary N) is 1. The lowest BCUT2D eigenvalue weighted by Crippen LogP contribution is -2.51. The molecular weight excluding hydrogens is 242 g/mol. The quantitative estimate of drug-likeness (QED) is 0.892. The van der Waals surface area contributed by atoms with Crippen molar-refractivity contribution in [2.45, 2.75) is 51.1 Å². The molecule has 6 heteroatoms. The van der Waals surface area contributed by atoms with Gasteiger partial charge in [0.15, 0.2) is 0 Å². The normalized spacial score (nSPS) is 28.4. The van der Waals surface area contributed by atoms with Gasteiger partial charge in [0.1, 0.15) is 24.2 Å². The van der Waals surface area contributed by atoms with Crippen molar-refractivity contribution in [1.29, 1.82) is 5.26 Å². The average Bonchev–Trinajstić information content (AvgIpc) is 2.95. The van der Waals surface area contributed by atoms with Crippen molar-refractivity contribution in [3.05, 3.63) is 12.7 Å². The molecule has 0 saturated heterocycles. The van der Waals surface area contributed by atoms with Crippen LogP contribution in [-0.2, 0) is 4.79 Å². The summed E-state index contributed by atoms with van der Waals surface area (Å²) in [6, 6.07) is 1.84. The summed E-state index contributed by atoms with van der Waals surface area (Å²) in [7, 11) is 0. The summed E-state index contributed by atoms with van der Waals surface area (Å²) in [5.74, 6) is 0.452. The summed E-state index contributed by atoms with van der Waals surface area (Å²) in [6.07, 6.45) is 6.30. The van der Waals surface area contributed by atoms with Gasteiger partial charge in [0.25, 0.3) is 0 Å². The molecule has 2 rings (SSSR count). The fraction of sp³-hybridized carbons (Fsp3) is 0.692. The summed E-state index contributed by atoms with van der Waals surface area (Å²) in [4.78, 5) is 16.0. The van der Waals surface area contributed by atoms with Gasteiger partial charge in [-0.1, -0.05) is 6.92 Å². The van der Waals surface area contributed by atoms with Crippen LogP contribution in [0.4, 0.5) is 0 Å². The largest absolute Gasteiger partial charge is 0.336 e. The molecule has 6 nitrogen and oxygen atoms in total. The average molecular weight is 261 g/mol. The molecule has 0 aliphatic heterocycles. The van der Waals surface area contributed by atoms with Crippen LogP contribution in [-0.4, -0.2) is 26.2 Å². The van der Waals surface area contributed by atoms with E-state index in [1.54, 1.807) is 6.92 Å². The van der Waals surface area contributed by atoms with Gasteiger partial charge in [0.2, 0.25) is 5.91 Å². The lowest BCUT2D eigenvalue weighted by Gasteiger charge is -2.35. The van der Waals surface area contributed by atoms with E-state index in [1.807, 2.05) is 0 Å². The van der Waals surface area contributed by atoms with E-state index >= 15 is 0 Å². The highest BCUT2D eigenvalue weighted by Gasteiger charge is 2.36. The highest BCUT2D eigenvalue weighted by molar-refractivity contribution is 5.81. The molecule has 1 amide bonds. The van der Waals surface area contributed by atoms with E-state index in [0.29, 0.717) is 5.92 Å². The molecule has 0 radical (unpaired) electrons. The number of carbonyl (C=O) groups is 1. The molecule has 0 spiro atoms. The maximum Gasteiger partial charge on any atom is 0.245 e. The maximum absolute atomic E-state index is 12.2. The highest BCUT2D eigenvalue weighted by Crippen LogP contribution is 2.31. The van der Waals surface area contributed by atoms with Crippen molar-refractivity contribution >= 4 is 5.91 Å². The molecule has 1 saturated carbocycles.